The van der Waals surface area contributed by atoms with E-state index in [2.05, 4.69) is 5.32 Å². The minimum Gasteiger partial charge on any atom is -0.459 e. The normalized spacial score (nSPS) is 12.7. The number of aryl methyl sites for hydroxylation is 1. The van der Waals surface area contributed by atoms with E-state index in [1.165, 1.54) is 12.1 Å². The van der Waals surface area contributed by atoms with Crippen molar-refractivity contribution in [3.05, 3.63) is 95.6 Å². The second-order valence-electron chi connectivity index (χ2n) is 9.15. The first-order valence-corrected chi connectivity index (χ1v) is 12.5. The van der Waals surface area contributed by atoms with Crippen LogP contribution in [0, 0.1) is 6.92 Å². The number of carbonyl (C=O) groups excluding carboxylic acids is 1. The quantitative estimate of drug-likeness (QED) is 0.349. The van der Waals surface area contributed by atoms with Crippen LogP contribution in [0.2, 0.25) is 0 Å². The van der Waals surface area contributed by atoms with Crippen LogP contribution in [0.1, 0.15) is 37.5 Å². The third kappa shape index (κ3) is 7.71. The van der Waals surface area contributed by atoms with Crippen LogP contribution in [0.25, 0.3) is 0 Å². The maximum atomic E-state index is 12.9. The van der Waals surface area contributed by atoms with Gasteiger partial charge in [0.1, 0.15) is 22.3 Å². The standard InChI is InChI=1S/C27H31NO5S/c1-20-13-15-24(16-14-20)34(30,31)33-23-12-8-11-22(17-23)18-25(26(29)32-27(2,3)4)28-19-21-9-6-5-7-10-21/h5-17,25,28H,18-19H2,1-4H3/t25-/m0/s1. The van der Waals surface area contributed by atoms with Gasteiger partial charge < -0.3 is 14.2 Å². The van der Waals surface area contributed by atoms with Crippen molar-refractivity contribution in [3.63, 3.8) is 0 Å². The van der Waals surface area contributed by atoms with Gasteiger partial charge in [0.05, 0.1) is 0 Å². The van der Waals surface area contributed by atoms with Gasteiger partial charge in [-0.25, -0.2) is 0 Å². The Morgan fingerprint density at radius 2 is 1.56 bits per heavy atom. The van der Waals surface area contributed by atoms with Crippen molar-refractivity contribution in [1.29, 1.82) is 0 Å². The second kappa shape index (κ2) is 10.8. The molecule has 0 saturated carbocycles. The monoisotopic (exact) mass is 481 g/mol. The molecule has 0 aromatic heterocycles. The first kappa shape index (κ1) is 25.5. The molecular weight excluding hydrogens is 450 g/mol. The van der Waals surface area contributed by atoms with Crippen LogP contribution in [0.3, 0.4) is 0 Å². The highest BCUT2D eigenvalue weighted by molar-refractivity contribution is 7.87. The average Bonchev–Trinajstić information content (AvgIpc) is 2.76. The van der Waals surface area contributed by atoms with E-state index in [9.17, 15) is 13.2 Å². The summed E-state index contributed by atoms with van der Waals surface area (Å²) in [6.07, 6.45) is 0.309. The van der Waals surface area contributed by atoms with Crippen molar-refractivity contribution in [2.24, 2.45) is 0 Å². The highest BCUT2D eigenvalue weighted by Crippen LogP contribution is 2.21. The van der Waals surface area contributed by atoms with Crippen molar-refractivity contribution in [3.8, 4) is 5.75 Å². The van der Waals surface area contributed by atoms with Crippen molar-refractivity contribution in [2.75, 3.05) is 0 Å². The molecule has 0 fully saturated rings. The Balaban J connectivity index is 1.77. The summed E-state index contributed by atoms with van der Waals surface area (Å²) in [6, 6.07) is 22.4. The molecule has 0 amide bonds. The summed E-state index contributed by atoms with van der Waals surface area (Å²) in [5, 5.41) is 3.27. The fourth-order valence-electron chi connectivity index (χ4n) is 3.29. The van der Waals surface area contributed by atoms with Gasteiger partial charge in [-0.3, -0.25) is 4.79 Å². The lowest BCUT2D eigenvalue weighted by molar-refractivity contribution is -0.157. The van der Waals surface area contributed by atoms with Gasteiger partial charge in [0.15, 0.2) is 0 Å². The van der Waals surface area contributed by atoms with Gasteiger partial charge >= 0.3 is 16.1 Å². The van der Waals surface area contributed by atoms with E-state index < -0.39 is 21.8 Å². The summed E-state index contributed by atoms with van der Waals surface area (Å²) in [7, 11) is -3.97. The molecule has 1 atom stereocenters. The summed E-state index contributed by atoms with van der Waals surface area (Å²) < 4.78 is 36.3. The molecule has 3 rings (SSSR count). The summed E-state index contributed by atoms with van der Waals surface area (Å²) in [5.41, 5.74) is 2.11. The van der Waals surface area contributed by atoms with Crippen molar-refractivity contribution in [2.45, 2.75) is 57.2 Å². The number of benzene rings is 3. The molecule has 0 radical (unpaired) electrons. The lowest BCUT2D eigenvalue weighted by Crippen LogP contribution is -2.42. The summed E-state index contributed by atoms with van der Waals surface area (Å²) in [5.74, 6) is -0.189. The lowest BCUT2D eigenvalue weighted by atomic mass is 10.0. The van der Waals surface area contributed by atoms with Crippen molar-refractivity contribution in [1.82, 2.24) is 5.32 Å². The topological polar surface area (TPSA) is 81.7 Å². The molecule has 34 heavy (non-hydrogen) atoms. The molecule has 0 aliphatic rings. The number of esters is 1. The maximum Gasteiger partial charge on any atom is 0.339 e. The Morgan fingerprint density at radius 3 is 2.21 bits per heavy atom. The molecule has 0 unspecified atom stereocenters. The Morgan fingerprint density at radius 1 is 0.912 bits per heavy atom. The zero-order valence-electron chi connectivity index (χ0n) is 19.9. The molecule has 0 bridgehead atoms. The highest BCUT2D eigenvalue weighted by atomic mass is 32.2. The fourth-order valence-corrected chi connectivity index (χ4v) is 4.21. The fraction of sp³-hybridized carbons (Fsp3) is 0.296. The van der Waals surface area contributed by atoms with Crippen LogP contribution in [0.15, 0.2) is 83.8 Å². The van der Waals surface area contributed by atoms with E-state index >= 15 is 0 Å². The van der Waals surface area contributed by atoms with E-state index in [1.54, 1.807) is 30.3 Å². The van der Waals surface area contributed by atoms with E-state index in [0.717, 1.165) is 16.7 Å². The van der Waals surface area contributed by atoms with Crippen LogP contribution >= 0.6 is 0 Å². The molecule has 7 heteroatoms. The third-order valence-corrected chi connectivity index (χ3v) is 6.20. The van der Waals surface area contributed by atoms with Crippen LogP contribution in [0.4, 0.5) is 0 Å². The van der Waals surface area contributed by atoms with Crippen molar-refractivity contribution < 1.29 is 22.1 Å². The summed E-state index contributed by atoms with van der Waals surface area (Å²) in [6.45, 7) is 7.84. The minimum absolute atomic E-state index is 0.0830. The zero-order chi connectivity index (χ0) is 24.8. The molecule has 6 nitrogen and oxygen atoms in total. The van der Waals surface area contributed by atoms with Gasteiger partial charge in [0, 0.05) is 6.54 Å². The Hall–Kier alpha value is -3.16. The molecule has 1 N–H and O–H groups in total. The number of nitrogens with one attached hydrogen (secondary N) is 1. The van der Waals surface area contributed by atoms with Gasteiger partial charge in [0.25, 0.3) is 0 Å². The van der Waals surface area contributed by atoms with Gasteiger partial charge in [-0.1, -0.05) is 60.2 Å². The second-order valence-corrected chi connectivity index (χ2v) is 10.7. The number of hydrogen-bond acceptors (Lipinski definition) is 6. The molecule has 0 aliphatic heterocycles. The van der Waals surface area contributed by atoms with Crippen LogP contribution < -0.4 is 9.50 Å². The third-order valence-electron chi connectivity index (χ3n) is 4.94. The predicted octanol–water partition coefficient (Wildman–Crippen LogP) is 4.81. The Bertz CT molecular complexity index is 1200. The Labute approximate surface area is 202 Å². The molecule has 0 heterocycles. The first-order valence-electron chi connectivity index (χ1n) is 11.1. The van der Waals surface area contributed by atoms with Crippen LogP contribution in [-0.2, 0) is 32.6 Å². The Kier molecular flexibility index (Phi) is 8.12. The molecule has 3 aromatic rings. The van der Waals surface area contributed by atoms with Crippen LogP contribution in [-0.4, -0.2) is 26.0 Å². The lowest BCUT2D eigenvalue weighted by Gasteiger charge is -2.25. The van der Waals surface area contributed by atoms with Gasteiger partial charge in [-0.05, 0) is 69.5 Å². The van der Waals surface area contributed by atoms with Gasteiger partial charge in [-0.2, -0.15) is 8.42 Å². The van der Waals surface area contributed by atoms with E-state index in [1.807, 2.05) is 64.1 Å². The SMILES string of the molecule is Cc1ccc(S(=O)(=O)Oc2cccc(C[C@H](NCc3ccccc3)C(=O)OC(C)(C)C)c2)cc1. The number of carbonyl (C=O) groups is 1. The van der Waals surface area contributed by atoms with Gasteiger partial charge in [-0.15, -0.1) is 0 Å². The summed E-state index contributed by atoms with van der Waals surface area (Å²) >= 11 is 0. The average molecular weight is 482 g/mol. The molecule has 0 aliphatic carbocycles. The largest absolute Gasteiger partial charge is 0.459 e. The summed E-state index contributed by atoms with van der Waals surface area (Å²) in [4.78, 5) is 13.0. The van der Waals surface area contributed by atoms with Crippen LogP contribution in [0.5, 0.6) is 5.75 Å². The zero-order valence-corrected chi connectivity index (χ0v) is 20.8. The highest BCUT2D eigenvalue weighted by Gasteiger charge is 2.25. The molecule has 180 valence electrons. The first-order chi connectivity index (χ1) is 16.0. The van der Waals surface area contributed by atoms with E-state index in [0.29, 0.717) is 13.0 Å². The molecule has 0 spiro atoms. The van der Waals surface area contributed by atoms with E-state index in [4.69, 9.17) is 8.92 Å². The number of rotatable bonds is 9. The minimum atomic E-state index is -3.97. The smallest absolute Gasteiger partial charge is 0.339 e. The van der Waals surface area contributed by atoms with E-state index in [-0.39, 0.29) is 16.6 Å². The van der Waals surface area contributed by atoms with Gasteiger partial charge in [0.2, 0.25) is 0 Å². The predicted molar refractivity (Wildman–Crippen MR) is 132 cm³/mol. The molecular formula is C27H31NO5S. The number of ether oxygens (including phenoxy) is 1. The molecule has 3 aromatic carbocycles. The molecule has 0 saturated heterocycles. The number of hydrogen-bond donors (Lipinski definition) is 1. The van der Waals surface area contributed by atoms with Crippen molar-refractivity contribution >= 4 is 16.1 Å². The maximum absolute atomic E-state index is 12.9.